The van der Waals surface area contributed by atoms with Crippen LogP contribution in [-0.2, 0) is 11.3 Å². The van der Waals surface area contributed by atoms with Gasteiger partial charge in [-0.1, -0.05) is 18.6 Å². The maximum atomic E-state index is 9.35. The molecule has 2 fully saturated rings. The van der Waals surface area contributed by atoms with Crippen molar-refractivity contribution in [2.45, 2.75) is 57.6 Å². The molecule has 3 N–H and O–H groups in total. The lowest BCUT2D eigenvalue weighted by Crippen LogP contribution is -2.44. The summed E-state index contributed by atoms with van der Waals surface area (Å²) in [7, 11) is 1.78. The van der Waals surface area contributed by atoms with Gasteiger partial charge < -0.3 is 25.2 Å². The van der Waals surface area contributed by atoms with Crippen molar-refractivity contribution in [3.05, 3.63) is 29.8 Å². The molecule has 7 heteroatoms. The van der Waals surface area contributed by atoms with E-state index >= 15 is 0 Å². The van der Waals surface area contributed by atoms with Gasteiger partial charge in [0.25, 0.3) is 0 Å². The van der Waals surface area contributed by atoms with Crippen molar-refractivity contribution < 1.29 is 14.6 Å². The molecular weight excluding hydrogens is 481 g/mol. The number of rotatable bonds is 8. The van der Waals surface area contributed by atoms with Gasteiger partial charge in [-0.25, -0.2) is 0 Å². The third kappa shape index (κ3) is 7.61. The molecule has 0 amide bonds. The highest BCUT2D eigenvalue weighted by Gasteiger charge is 2.34. The summed E-state index contributed by atoms with van der Waals surface area (Å²) in [6, 6.07) is 8.34. The van der Waals surface area contributed by atoms with Gasteiger partial charge >= 0.3 is 0 Å². The molecule has 1 unspecified atom stereocenters. The largest absolute Gasteiger partial charge is 0.490 e. The van der Waals surface area contributed by atoms with Crippen molar-refractivity contribution in [2.24, 2.45) is 10.4 Å². The van der Waals surface area contributed by atoms with Gasteiger partial charge in [0.15, 0.2) is 5.96 Å². The minimum absolute atomic E-state index is 0. The zero-order valence-electron chi connectivity index (χ0n) is 17.5. The molecular formula is C22H36IN3O3. The number of aliphatic imine (C=N–C) groups is 1. The Kier molecular flexibility index (Phi) is 10.5. The highest BCUT2D eigenvalue weighted by Crippen LogP contribution is 2.31. The summed E-state index contributed by atoms with van der Waals surface area (Å²) in [5.41, 5.74) is 1.19. The van der Waals surface area contributed by atoms with E-state index in [9.17, 15) is 5.11 Å². The first kappa shape index (κ1) is 24.2. The van der Waals surface area contributed by atoms with Crippen LogP contribution in [-0.4, -0.2) is 50.6 Å². The van der Waals surface area contributed by atoms with E-state index in [0.717, 1.165) is 37.7 Å². The summed E-state index contributed by atoms with van der Waals surface area (Å²) < 4.78 is 11.6. The minimum Gasteiger partial charge on any atom is -0.490 e. The van der Waals surface area contributed by atoms with Crippen LogP contribution in [0.5, 0.6) is 5.75 Å². The summed E-state index contributed by atoms with van der Waals surface area (Å²) in [6.07, 6.45) is 8.36. The molecule has 6 nitrogen and oxygen atoms in total. The first-order valence-corrected chi connectivity index (χ1v) is 10.6. The molecule has 0 spiro atoms. The topological polar surface area (TPSA) is 75.1 Å². The molecule has 1 aliphatic carbocycles. The van der Waals surface area contributed by atoms with Gasteiger partial charge in [0.1, 0.15) is 5.75 Å². The van der Waals surface area contributed by atoms with Crippen LogP contribution < -0.4 is 15.4 Å². The van der Waals surface area contributed by atoms with E-state index in [1.165, 1.54) is 37.7 Å². The molecule has 1 atom stereocenters. The lowest BCUT2D eigenvalue weighted by molar-refractivity contribution is 0.127. The number of halogens is 1. The van der Waals surface area contributed by atoms with Crippen molar-refractivity contribution in [2.75, 3.05) is 33.4 Å². The van der Waals surface area contributed by atoms with E-state index in [1.54, 1.807) is 7.05 Å². The van der Waals surface area contributed by atoms with Gasteiger partial charge in [-0.2, -0.15) is 0 Å². The van der Waals surface area contributed by atoms with Gasteiger partial charge in [-0.15, -0.1) is 24.0 Å². The van der Waals surface area contributed by atoms with Crippen LogP contribution in [0.1, 0.15) is 50.5 Å². The lowest BCUT2D eigenvalue weighted by Gasteiger charge is -2.27. The monoisotopic (exact) mass is 517 g/mol. The third-order valence-corrected chi connectivity index (χ3v) is 5.92. The summed E-state index contributed by atoms with van der Waals surface area (Å²) in [5, 5.41) is 16.1. The van der Waals surface area contributed by atoms with Crippen LogP contribution in [0.15, 0.2) is 29.3 Å². The molecule has 0 bridgehead atoms. The number of hydrogen-bond donors (Lipinski definition) is 3. The van der Waals surface area contributed by atoms with Crippen molar-refractivity contribution >= 4 is 29.9 Å². The van der Waals surface area contributed by atoms with Crippen LogP contribution in [0.3, 0.4) is 0 Å². The zero-order chi connectivity index (χ0) is 19.7. The third-order valence-electron chi connectivity index (χ3n) is 5.92. The van der Waals surface area contributed by atoms with E-state index in [0.29, 0.717) is 19.3 Å². The fourth-order valence-electron chi connectivity index (χ4n) is 4.05. The van der Waals surface area contributed by atoms with Gasteiger partial charge in [0.2, 0.25) is 0 Å². The van der Waals surface area contributed by atoms with Crippen LogP contribution in [0.2, 0.25) is 0 Å². The normalized spacial score (nSPS) is 22.8. The number of aliphatic hydroxyl groups is 1. The fourth-order valence-corrected chi connectivity index (χ4v) is 4.05. The van der Waals surface area contributed by atoms with Crippen molar-refractivity contribution in [1.29, 1.82) is 0 Å². The number of hydrogen-bond acceptors (Lipinski definition) is 4. The van der Waals surface area contributed by atoms with E-state index in [-0.39, 0.29) is 36.0 Å². The molecule has 3 rings (SSSR count). The number of guanidine groups is 1. The second kappa shape index (κ2) is 12.6. The van der Waals surface area contributed by atoms with Crippen molar-refractivity contribution in [3.63, 3.8) is 0 Å². The second-order valence-electron chi connectivity index (χ2n) is 8.08. The van der Waals surface area contributed by atoms with E-state index in [2.05, 4.69) is 39.9 Å². The number of aliphatic hydroxyl groups excluding tert-OH is 1. The Morgan fingerprint density at radius 2 is 1.97 bits per heavy atom. The van der Waals surface area contributed by atoms with Crippen LogP contribution in [0.25, 0.3) is 0 Å². The average Bonchev–Trinajstić information content (AvgIpc) is 3.19. The Balaban J connectivity index is 0.00000300. The molecule has 29 heavy (non-hydrogen) atoms. The first-order chi connectivity index (χ1) is 13.7. The molecule has 1 aromatic carbocycles. The molecule has 1 saturated carbocycles. The maximum Gasteiger partial charge on any atom is 0.191 e. The van der Waals surface area contributed by atoms with Crippen molar-refractivity contribution in [3.8, 4) is 5.75 Å². The molecule has 0 aromatic heterocycles. The fraction of sp³-hybridized carbons (Fsp3) is 0.682. The highest BCUT2D eigenvalue weighted by atomic mass is 127. The minimum atomic E-state index is 0. The average molecular weight is 517 g/mol. The Morgan fingerprint density at radius 1 is 1.21 bits per heavy atom. The zero-order valence-corrected chi connectivity index (χ0v) is 19.8. The summed E-state index contributed by atoms with van der Waals surface area (Å²) >= 11 is 0. The van der Waals surface area contributed by atoms with Crippen LogP contribution in [0, 0.1) is 5.41 Å². The van der Waals surface area contributed by atoms with E-state index in [4.69, 9.17) is 9.47 Å². The number of benzene rings is 1. The number of nitrogens with zero attached hydrogens (tertiary/aromatic N) is 1. The van der Waals surface area contributed by atoms with E-state index in [1.807, 2.05) is 0 Å². The predicted molar refractivity (Wildman–Crippen MR) is 127 cm³/mol. The first-order valence-electron chi connectivity index (χ1n) is 10.6. The maximum absolute atomic E-state index is 9.35. The Bertz CT molecular complexity index is 612. The number of ether oxygens (including phenoxy) is 2. The number of nitrogens with one attached hydrogen (secondary N) is 2. The van der Waals surface area contributed by atoms with Crippen molar-refractivity contribution in [1.82, 2.24) is 10.6 Å². The molecule has 1 aromatic rings. The Morgan fingerprint density at radius 3 is 2.59 bits per heavy atom. The molecule has 1 saturated heterocycles. The van der Waals surface area contributed by atoms with E-state index < -0.39 is 0 Å². The van der Waals surface area contributed by atoms with Gasteiger partial charge in [-0.05, 0) is 56.2 Å². The molecule has 1 heterocycles. The predicted octanol–water partition coefficient (Wildman–Crippen LogP) is 3.47. The Labute approximate surface area is 191 Å². The second-order valence-corrected chi connectivity index (χ2v) is 8.08. The highest BCUT2D eigenvalue weighted by molar-refractivity contribution is 14.0. The molecule has 2 aliphatic rings. The lowest BCUT2D eigenvalue weighted by atomic mass is 9.84. The summed E-state index contributed by atoms with van der Waals surface area (Å²) in [4.78, 5) is 4.32. The SMILES string of the molecule is CN=C(NCc1ccc(OC2CCCCC2)cc1)NCC1(CCO)CCOC1.I. The standard InChI is InChI=1S/C22H35N3O3.HI/c1-23-21(25-16-22(11-13-26)12-14-27-17-22)24-15-18-7-9-20(10-8-18)28-19-5-3-2-4-6-19;/h7-10,19,26H,2-6,11-17H2,1H3,(H2,23,24,25);1H. The van der Waals surface area contributed by atoms with Gasteiger partial charge in [-0.3, -0.25) is 4.99 Å². The summed E-state index contributed by atoms with van der Waals surface area (Å²) in [5.74, 6) is 1.73. The molecule has 164 valence electrons. The van der Waals surface area contributed by atoms with Gasteiger partial charge in [0.05, 0.1) is 12.7 Å². The van der Waals surface area contributed by atoms with Crippen LogP contribution >= 0.6 is 24.0 Å². The molecule has 0 radical (unpaired) electrons. The Hall–Kier alpha value is -1.06. The smallest absolute Gasteiger partial charge is 0.191 e. The molecule has 1 aliphatic heterocycles. The van der Waals surface area contributed by atoms with Crippen LogP contribution in [0.4, 0.5) is 0 Å². The summed E-state index contributed by atoms with van der Waals surface area (Å²) in [6.45, 7) is 3.10. The quantitative estimate of drug-likeness (QED) is 0.280. The van der Waals surface area contributed by atoms with Gasteiger partial charge in [0, 0.05) is 38.8 Å².